The second kappa shape index (κ2) is 5.59. The zero-order valence-corrected chi connectivity index (χ0v) is 13.3. The minimum atomic E-state index is -3.71. The predicted octanol–water partition coefficient (Wildman–Crippen LogP) is 3.27. The van der Waals surface area contributed by atoms with E-state index >= 15 is 0 Å². The highest BCUT2D eigenvalue weighted by Crippen LogP contribution is 2.27. The van der Waals surface area contributed by atoms with Crippen LogP contribution in [0.5, 0.6) is 0 Å². The van der Waals surface area contributed by atoms with E-state index in [-0.39, 0.29) is 4.90 Å². The molecule has 1 N–H and O–H groups in total. The lowest BCUT2D eigenvalue weighted by molar-refractivity contribution is 0.584. The molecular weight excluding hydrogens is 320 g/mol. The molecule has 0 saturated heterocycles. The van der Waals surface area contributed by atoms with Crippen molar-refractivity contribution in [1.82, 2.24) is 4.83 Å². The van der Waals surface area contributed by atoms with Crippen LogP contribution in [0.1, 0.15) is 16.7 Å². The average Bonchev–Trinajstić information content (AvgIpc) is 2.81. The molecule has 0 spiro atoms. The molecule has 0 amide bonds. The summed E-state index contributed by atoms with van der Waals surface area (Å²) in [5, 5.41) is 4.40. The Kier molecular flexibility index (Phi) is 3.76. The van der Waals surface area contributed by atoms with Crippen LogP contribution in [0.2, 0.25) is 0 Å². The molecule has 1 aliphatic rings. The highest BCUT2D eigenvalue weighted by Gasteiger charge is 2.20. The largest absolute Gasteiger partial charge is 0.276 e. The number of hydrogen-bond donors (Lipinski definition) is 1. The number of allylic oxidation sites excluding steroid dienone is 1. The maximum atomic E-state index is 12.2. The van der Waals surface area contributed by atoms with Crippen LogP contribution in [-0.2, 0) is 10.0 Å². The fourth-order valence-corrected chi connectivity index (χ4v) is 3.23. The van der Waals surface area contributed by atoms with Crippen molar-refractivity contribution in [3.05, 3.63) is 70.3 Å². The first-order valence-electron chi connectivity index (χ1n) is 6.60. The molecule has 112 valence electrons. The van der Waals surface area contributed by atoms with E-state index in [1.807, 2.05) is 31.2 Å². The first kappa shape index (κ1) is 14.8. The number of sulfonamides is 1. The number of nitrogens with one attached hydrogen (secondary N) is 1. The van der Waals surface area contributed by atoms with Crippen molar-refractivity contribution in [3.8, 4) is 0 Å². The third-order valence-electron chi connectivity index (χ3n) is 3.33. The van der Waals surface area contributed by atoms with Crippen molar-refractivity contribution in [3.63, 3.8) is 0 Å². The molecule has 0 heterocycles. The number of benzene rings is 2. The van der Waals surface area contributed by atoms with Gasteiger partial charge in [0.15, 0.2) is 0 Å². The molecule has 2 aromatic rings. The van der Waals surface area contributed by atoms with Gasteiger partial charge >= 0.3 is 0 Å². The van der Waals surface area contributed by atoms with E-state index in [9.17, 15) is 8.42 Å². The van der Waals surface area contributed by atoms with Crippen LogP contribution in [0.3, 0.4) is 0 Å². The molecule has 6 heteroatoms. The number of aryl methyl sites for hydroxylation is 1. The lowest BCUT2D eigenvalue weighted by Gasteiger charge is -2.06. The summed E-state index contributed by atoms with van der Waals surface area (Å²) in [6.45, 7) is 1.89. The number of halogens is 1. The maximum Gasteiger partial charge on any atom is 0.276 e. The Morgan fingerprint density at radius 1 is 1.05 bits per heavy atom. The zero-order valence-electron chi connectivity index (χ0n) is 11.7. The molecule has 4 nitrogen and oxygen atoms in total. The summed E-state index contributed by atoms with van der Waals surface area (Å²) >= 11 is 6.13. The Morgan fingerprint density at radius 3 is 2.45 bits per heavy atom. The summed E-state index contributed by atoms with van der Waals surface area (Å²) in [4.78, 5) is 2.40. The quantitative estimate of drug-likeness (QED) is 0.877. The van der Waals surface area contributed by atoms with Gasteiger partial charge in [0.05, 0.1) is 9.93 Å². The van der Waals surface area contributed by atoms with E-state index in [0.717, 1.165) is 16.7 Å². The molecule has 0 aliphatic heterocycles. The van der Waals surface area contributed by atoms with Gasteiger partial charge in [0.1, 0.15) is 5.71 Å². The van der Waals surface area contributed by atoms with Gasteiger partial charge in [-0.3, -0.25) is 0 Å². The topological polar surface area (TPSA) is 58.5 Å². The van der Waals surface area contributed by atoms with E-state index < -0.39 is 10.0 Å². The van der Waals surface area contributed by atoms with E-state index in [0.29, 0.717) is 10.7 Å². The molecule has 0 aromatic heterocycles. The molecule has 0 radical (unpaired) electrons. The van der Waals surface area contributed by atoms with Crippen molar-refractivity contribution in [1.29, 1.82) is 0 Å². The van der Waals surface area contributed by atoms with Gasteiger partial charge in [0, 0.05) is 5.56 Å². The normalized spacial score (nSPS) is 15.5. The van der Waals surface area contributed by atoms with Gasteiger partial charge in [-0.05, 0) is 30.7 Å². The zero-order chi connectivity index (χ0) is 15.7. The second-order valence-electron chi connectivity index (χ2n) is 4.95. The number of hydrogen-bond acceptors (Lipinski definition) is 3. The lowest BCUT2D eigenvalue weighted by Crippen LogP contribution is -2.20. The molecular formula is C16H13ClN2O2S. The Hall–Kier alpha value is -2.11. The number of rotatable bonds is 3. The SMILES string of the molecule is Cc1ccc(S(=O)(=O)N/N=C2\C(Cl)=Cc3ccccc32)cc1. The Labute approximate surface area is 134 Å². The summed E-state index contributed by atoms with van der Waals surface area (Å²) in [6, 6.07) is 14.0. The molecule has 0 saturated carbocycles. The van der Waals surface area contributed by atoms with Gasteiger partial charge in [-0.25, -0.2) is 0 Å². The maximum absolute atomic E-state index is 12.2. The Balaban J connectivity index is 1.91. The fourth-order valence-electron chi connectivity index (χ4n) is 2.16. The van der Waals surface area contributed by atoms with Crippen LogP contribution < -0.4 is 4.83 Å². The molecule has 1 aliphatic carbocycles. The Morgan fingerprint density at radius 2 is 1.73 bits per heavy atom. The third kappa shape index (κ3) is 2.77. The molecule has 0 fully saturated rings. The summed E-state index contributed by atoms with van der Waals surface area (Å²) < 4.78 is 24.5. The van der Waals surface area contributed by atoms with Crippen LogP contribution in [0.25, 0.3) is 6.08 Å². The van der Waals surface area contributed by atoms with Gasteiger partial charge in [0.25, 0.3) is 10.0 Å². The van der Waals surface area contributed by atoms with E-state index in [1.54, 1.807) is 18.2 Å². The van der Waals surface area contributed by atoms with Gasteiger partial charge in [-0.15, -0.1) is 0 Å². The molecule has 0 bridgehead atoms. The van der Waals surface area contributed by atoms with E-state index in [2.05, 4.69) is 9.93 Å². The van der Waals surface area contributed by atoms with E-state index in [4.69, 9.17) is 11.6 Å². The fraction of sp³-hybridized carbons (Fsp3) is 0.0625. The van der Waals surface area contributed by atoms with Gasteiger partial charge in [-0.1, -0.05) is 53.6 Å². The number of hydrazone groups is 1. The van der Waals surface area contributed by atoms with Crippen molar-refractivity contribution in [2.24, 2.45) is 5.10 Å². The summed E-state index contributed by atoms with van der Waals surface area (Å²) in [7, 11) is -3.71. The summed E-state index contributed by atoms with van der Waals surface area (Å²) in [5.74, 6) is 0. The minimum Gasteiger partial charge on any atom is -0.200 e. The monoisotopic (exact) mass is 332 g/mol. The average molecular weight is 333 g/mol. The molecule has 3 rings (SSSR count). The second-order valence-corrected chi connectivity index (χ2v) is 7.02. The Bertz CT molecular complexity index is 885. The van der Waals surface area contributed by atoms with Crippen molar-refractivity contribution >= 4 is 33.4 Å². The lowest BCUT2D eigenvalue weighted by atomic mass is 10.1. The first-order chi connectivity index (χ1) is 10.5. The molecule has 2 aromatic carbocycles. The molecule has 0 unspecified atom stereocenters. The highest BCUT2D eigenvalue weighted by molar-refractivity contribution is 7.89. The molecule has 0 atom stereocenters. The van der Waals surface area contributed by atoms with E-state index in [1.165, 1.54) is 12.1 Å². The van der Waals surface area contributed by atoms with Gasteiger partial charge < -0.3 is 0 Å². The van der Waals surface area contributed by atoms with Crippen LogP contribution >= 0.6 is 11.6 Å². The smallest absolute Gasteiger partial charge is 0.200 e. The van der Waals surface area contributed by atoms with Crippen LogP contribution in [0.15, 0.2) is 63.6 Å². The minimum absolute atomic E-state index is 0.161. The third-order valence-corrected chi connectivity index (χ3v) is 4.85. The molecule has 22 heavy (non-hydrogen) atoms. The van der Waals surface area contributed by atoms with Gasteiger partial charge in [-0.2, -0.15) is 18.4 Å². The summed E-state index contributed by atoms with van der Waals surface area (Å²) in [5.41, 5.74) is 3.13. The first-order valence-corrected chi connectivity index (χ1v) is 8.46. The van der Waals surface area contributed by atoms with Crippen LogP contribution in [0.4, 0.5) is 0 Å². The van der Waals surface area contributed by atoms with Gasteiger partial charge in [0.2, 0.25) is 0 Å². The number of fused-ring (bicyclic) bond motifs is 1. The standard InChI is InChI=1S/C16H13ClN2O2S/c1-11-6-8-13(9-7-11)22(20,21)19-18-16-14-5-3-2-4-12(14)10-15(16)17/h2-10,19H,1H3/b18-16-. The van der Waals surface area contributed by atoms with Crippen molar-refractivity contribution < 1.29 is 8.42 Å². The van der Waals surface area contributed by atoms with Crippen molar-refractivity contribution in [2.75, 3.05) is 0 Å². The van der Waals surface area contributed by atoms with Crippen LogP contribution in [-0.4, -0.2) is 14.1 Å². The predicted molar refractivity (Wildman–Crippen MR) is 88.3 cm³/mol. The number of nitrogens with zero attached hydrogens (tertiary/aromatic N) is 1. The van der Waals surface area contributed by atoms with Crippen molar-refractivity contribution in [2.45, 2.75) is 11.8 Å². The van der Waals surface area contributed by atoms with Crippen LogP contribution in [0, 0.1) is 6.92 Å². The summed E-state index contributed by atoms with van der Waals surface area (Å²) in [6.07, 6.45) is 1.76. The highest BCUT2D eigenvalue weighted by atomic mass is 35.5.